The number of rotatable bonds is 2. The van der Waals surface area contributed by atoms with E-state index < -0.39 is 0 Å². The van der Waals surface area contributed by atoms with Gasteiger partial charge in [-0.3, -0.25) is 0 Å². The Morgan fingerprint density at radius 1 is 1.89 bits per heavy atom. The monoisotopic (exact) mass is 144 g/mol. The summed E-state index contributed by atoms with van der Waals surface area (Å²) in [4.78, 5) is 7.04. The number of hydrogen-bond acceptors (Lipinski definition) is 1. The highest BCUT2D eigenvalue weighted by Gasteiger charge is 2.03. The van der Waals surface area contributed by atoms with Gasteiger partial charge in [-0.2, -0.15) is 0 Å². The van der Waals surface area contributed by atoms with Gasteiger partial charge in [0.2, 0.25) is 0 Å². The first-order chi connectivity index (χ1) is 4.34. The van der Waals surface area contributed by atoms with Gasteiger partial charge in [0, 0.05) is 24.2 Å². The van der Waals surface area contributed by atoms with E-state index in [4.69, 9.17) is 11.6 Å². The maximum Gasteiger partial charge on any atom is 0.110 e. The molecule has 3 heteroatoms. The second-order valence-electron chi connectivity index (χ2n) is 2.03. The Bertz CT molecular complexity index is 160. The number of imidazole rings is 1. The van der Waals surface area contributed by atoms with Crippen molar-refractivity contribution in [2.75, 3.05) is 5.88 Å². The van der Waals surface area contributed by atoms with Crippen LogP contribution in [0.25, 0.3) is 0 Å². The second kappa shape index (κ2) is 2.87. The van der Waals surface area contributed by atoms with Crippen LogP contribution in [0.4, 0.5) is 0 Å². The first kappa shape index (κ1) is 6.62. The maximum absolute atomic E-state index is 5.58. The first-order valence-corrected chi connectivity index (χ1v) is 3.43. The van der Waals surface area contributed by atoms with Crippen LogP contribution in [0.5, 0.6) is 0 Å². The smallest absolute Gasteiger partial charge is 0.110 e. The molecule has 2 nitrogen and oxygen atoms in total. The molecule has 1 rings (SSSR count). The van der Waals surface area contributed by atoms with Gasteiger partial charge in [0.15, 0.2) is 0 Å². The van der Waals surface area contributed by atoms with Crippen LogP contribution in [0, 0.1) is 0 Å². The minimum atomic E-state index is 0.335. The van der Waals surface area contributed by atoms with Crippen molar-refractivity contribution in [1.29, 1.82) is 0 Å². The molecule has 1 N–H and O–H groups in total. The van der Waals surface area contributed by atoms with Gasteiger partial charge in [0.05, 0.1) is 0 Å². The van der Waals surface area contributed by atoms with Crippen LogP contribution in [-0.4, -0.2) is 15.8 Å². The number of aromatic amines is 1. The number of nitrogens with zero attached hydrogens (tertiary/aromatic N) is 1. The van der Waals surface area contributed by atoms with Crippen molar-refractivity contribution in [2.24, 2.45) is 0 Å². The van der Waals surface area contributed by atoms with E-state index in [-0.39, 0.29) is 0 Å². The Labute approximate surface area is 59.3 Å². The summed E-state index contributed by atoms with van der Waals surface area (Å²) in [6.07, 6.45) is 3.54. The molecule has 0 saturated carbocycles. The average Bonchev–Trinajstić information content (AvgIpc) is 2.37. The van der Waals surface area contributed by atoms with Gasteiger partial charge in [-0.1, -0.05) is 6.92 Å². The zero-order valence-electron chi connectivity index (χ0n) is 5.26. The SMILES string of the molecule is CC(CCl)c1ncc[nH]1. The molecule has 9 heavy (non-hydrogen) atoms. The number of aromatic nitrogens is 2. The van der Waals surface area contributed by atoms with E-state index in [2.05, 4.69) is 9.97 Å². The number of alkyl halides is 1. The van der Waals surface area contributed by atoms with E-state index in [1.165, 1.54) is 0 Å². The van der Waals surface area contributed by atoms with Gasteiger partial charge in [0.1, 0.15) is 5.82 Å². The topological polar surface area (TPSA) is 28.7 Å². The van der Waals surface area contributed by atoms with Crippen LogP contribution in [0.2, 0.25) is 0 Å². The average molecular weight is 145 g/mol. The molecule has 0 fully saturated rings. The summed E-state index contributed by atoms with van der Waals surface area (Å²) in [6.45, 7) is 2.03. The maximum atomic E-state index is 5.58. The third-order valence-electron chi connectivity index (χ3n) is 1.22. The highest BCUT2D eigenvalue weighted by Crippen LogP contribution is 2.09. The molecule has 1 unspecified atom stereocenters. The fraction of sp³-hybridized carbons (Fsp3) is 0.500. The molecule has 0 aliphatic carbocycles. The predicted octanol–water partition coefficient (Wildman–Crippen LogP) is 1.75. The molecular formula is C6H9ClN2. The summed E-state index contributed by atoms with van der Waals surface area (Å²) in [5, 5.41) is 0. The summed E-state index contributed by atoms with van der Waals surface area (Å²) < 4.78 is 0. The number of H-pyrrole nitrogens is 1. The zero-order valence-corrected chi connectivity index (χ0v) is 6.02. The summed E-state index contributed by atoms with van der Waals surface area (Å²) in [5.74, 6) is 1.92. The Morgan fingerprint density at radius 2 is 2.67 bits per heavy atom. The van der Waals surface area contributed by atoms with Crippen molar-refractivity contribution in [1.82, 2.24) is 9.97 Å². The van der Waals surface area contributed by atoms with Gasteiger partial charge >= 0.3 is 0 Å². The predicted molar refractivity (Wildman–Crippen MR) is 37.7 cm³/mol. The lowest BCUT2D eigenvalue weighted by molar-refractivity contribution is 0.801. The second-order valence-corrected chi connectivity index (χ2v) is 2.34. The van der Waals surface area contributed by atoms with Crippen LogP contribution in [0.3, 0.4) is 0 Å². The third kappa shape index (κ3) is 1.45. The summed E-state index contributed by atoms with van der Waals surface area (Å²) in [6, 6.07) is 0. The van der Waals surface area contributed by atoms with Gasteiger partial charge in [-0.15, -0.1) is 11.6 Å². The number of halogens is 1. The highest BCUT2D eigenvalue weighted by atomic mass is 35.5. The largest absolute Gasteiger partial charge is 0.348 e. The van der Waals surface area contributed by atoms with Crippen LogP contribution < -0.4 is 0 Å². The fourth-order valence-electron chi connectivity index (χ4n) is 0.620. The Morgan fingerprint density at radius 3 is 3.11 bits per heavy atom. The molecule has 0 aliphatic rings. The molecule has 0 aromatic carbocycles. The van der Waals surface area contributed by atoms with Crippen molar-refractivity contribution < 1.29 is 0 Å². The molecule has 0 amide bonds. The molecule has 1 aromatic rings. The number of hydrogen-bond donors (Lipinski definition) is 1. The van der Waals surface area contributed by atoms with E-state index in [1.807, 2.05) is 6.92 Å². The van der Waals surface area contributed by atoms with Gasteiger partial charge in [-0.25, -0.2) is 4.98 Å². The van der Waals surface area contributed by atoms with Crippen LogP contribution in [0.15, 0.2) is 12.4 Å². The first-order valence-electron chi connectivity index (χ1n) is 2.90. The zero-order chi connectivity index (χ0) is 6.69. The summed E-state index contributed by atoms with van der Waals surface area (Å²) in [5.41, 5.74) is 0. The van der Waals surface area contributed by atoms with Gasteiger partial charge in [0.25, 0.3) is 0 Å². The Balaban J connectivity index is 2.65. The molecule has 1 atom stereocenters. The molecule has 1 aromatic heterocycles. The minimum Gasteiger partial charge on any atom is -0.348 e. The lowest BCUT2D eigenvalue weighted by Crippen LogP contribution is -1.96. The van der Waals surface area contributed by atoms with Crippen molar-refractivity contribution in [3.8, 4) is 0 Å². The third-order valence-corrected chi connectivity index (χ3v) is 1.68. The van der Waals surface area contributed by atoms with Crippen LogP contribution in [0.1, 0.15) is 18.7 Å². The highest BCUT2D eigenvalue weighted by molar-refractivity contribution is 6.18. The normalized spacial score (nSPS) is 13.6. The molecule has 0 bridgehead atoms. The Kier molecular flexibility index (Phi) is 2.11. The number of nitrogens with one attached hydrogen (secondary N) is 1. The molecule has 0 radical (unpaired) electrons. The molecule has 0 aliphatic heterocycles. The molecule has 1 heterocycles. The lowest BCUT2D eigenvalue weighted by Gasteiger charge is -1.99. The Hall–Kier alpha value is -0.500. The van der Waals surface area contributed by atoms with Crippen molar-refractivity contribution in [3.05, 3.63) is 18.2 Å². The van der Waals surface area contributed by atoms with E-state index >= 15 is 0 Å². The van der Waals surface area contributed by atoms with Gasteiger partial charge < -0.3 is 4.98 Å². The van der Waals surface area contributed by atoms with E-state index in [9.17, 15) is 0 Å². The molecule has 50 valence electrons. The van der Waals surface area contributed by atoms with Crippen molar-refractivity contribution in [3.63, 3.8) is 0 Å². The van der Waals surface area contributed by atoms with Crippen LogP contribution in [-0.2, 0) is 0 Å². The summed E-state index contributed by atoms with van der Waals surface area (Å²) >= 11 is 5.58. The quantitative estimate of drug-likeness (QED) is 0.630. The standard InChI is InChI=1S/C6H9ClN2/c1-5(4-7)6-8-2-3-9-6/h2-3,5H,4H2,1H3,(H,8,9). The molecule has 0 spiro atoms. The van der Waals surface area contributed by atoms with E-state index in [0.29, 0.717) is 11.8 Å². The lowest BCUT2D eigenvalue weighted by atomic mass is 10.2. The van der Waals surface area contributed by atoms with E-state index in [1.54, 1.807) is 12.4 Å². The minimum absolute atomic E-state index is 0.335. The van der Waals surface area contributed by atoms with Gasteiger partial charge in [-0.05, 0) is 0 Å². The van der Waals surface area contributed by atoms with Crippen LogP contribution >= 0.6 is 11.6 Å². The van der Waals surface area contributed by atoms with Crippen molar-refractivity contribution in [2.45, 2.75) is 12.8 Å². The van der Waals surface area contributed by atoms with E-state index in [0.717, 1.165) is 5.82 Å². The molecule has 0 saturated heterocycles. The fourth-order valence-corrected chi connectivity index (χ4v) is 0.766. The summed E-state index contributed by atoms with van der Waals surface area (Å²) in [7, 11) is 0. The van der Waals surface area contributed by atoms with Crippen molar-refractivity contribution >= 4 is 11.6 Å². The molecular weight excluding hydrogens is 136 g/mol.